The molecule has 7 rings (SSSR count). The maximum Gasteiger partial charge on any atom is 0.312 e. The molecule has 0 unspecified atom stereocenters. The summed E-state index contributed by atoms with van der Waals surface area (Å²) >= 11 is 0. The van der Waals surface area contributed by atoms with Crippen molar-refractivity contribution in [1.29, 1.82) is 0 Å². The number of H-pyrrole nitrogens is 1. The van der Waals surface area contributed by atoms with Crippen LogP contribution in [0.3, 0.4) is 0 Å². The first-order valence-corrected chi connectivity index (χ1v) is 11.6. The van der Waals surface area contributed by atoms with Gasteiger partial charge < -0.3 is 14.7 Å². The number of nitrogens with zero attached hydrogens (tertiary/aromatic N) is 4. The molecule has 3 aromatic heterocycles. The Kier molecular flexibility index (Phi) is 5.12. The van der Waals surface area contributed by atoms with Crippen molar-refractivity contribution in [2.75, 3.05) is 6.67 Å². The van der Waals surface area contributed by atoms with Gasteiger partial charge in [-0.1, -0.05) is 0 Å². The van der Waals surface area contributed by atoms with Crippen LogP contribution in [0.25, 0.3) is 33.3 Å². The summed E-state index contributed by atoms with van der Waals surface area (Å²) in [7, 11) is 0. The van der Waals surface area contributed by atoms with Gasteiger partial charge in [0, 0.05) is 35.1 Å². The summed E-state index contributed by atoms with van der Waals surface area (Å²) in [5.74, 6) is -2.47. The number of carboxylic acids is 1. The van der Waals surface area contributed by atoms with Crippen molar-refractivity contribution < 1.29 is 23.1 Å². The lowest BCUT2D eigenvalue weighted by molar-refractivity contribution is -0.142. The van der Waals surface area contributed by atoms with E-state index in [0.29, 0.717) is 22.3 Å². The van der Waals surface area contributed by atoms with Crippen LogP contribution >= 0.6 is 0 Å². The third-order valence-electron chi connectivity index (χ3n) is 7.35. The van der Waals surface area contributed by atoms with Crippen molar-refractivity contribution in [3.8, 4) is 11.4 Å². The molecule has 3 aliphatic rings. The highest BCUT2D eigenvalue weighted by Crippen LogP contribution is 2.45. The number of aliphatic carboxylic acids is 1. The molecule has 35 heavy (non-hydrogen) atoms. The van der Waals surface area contributed by atoms with Crippen LogP contribution in [0.4, 0.5) is 19.0 Å². The first-order chi connectivity index (χ1) is 16.9. The second-order valence-corrected chi connectivity index (χ2v) is 9.28. The predicted octanol–water partition coefficient (Wildman–Crippen LogP) is 5.42. The average Bonchev–Trinajstić information content (AvgIpc) is 3.44. The van der Waals surface area contributed by atoms with Crippen molar-refractivity contribution in [2.24, 2.45) is 22.7 Å². The van der Waals surface area contributed by atoms with Gasteiger partial charge in [0.15, 0.2) is 11.6 Å². The largest absolute Gasteiger partial charge is 0.481 e. The van der Waals surface area contributed by atoms with E-state index in [0.717, 1.165) is 31.7 Å². The number of aliphatic imine (C=N–C) groups is 1. The molecule has 3 heterocycles. The fourth-order valence-corrected chi connectivity index (χ4v) is 5.72. The fourth-order valence-electron chi connectivity index (χ4n) is 5.72. The van der Waals surface area contributed by atoms with Crippen LogP contribution in [0.5, 0.6) is 0 Å². The number of halogens is 3. The number of nitrogens with one attached hydrogen (secondary N) is 1. The van der Waals surface area contributed by atoms with E-state index in [1.165, 1.54) is 12.3 Å². The Hall–Kier alpha value is -3.69. The second-order valence-electron chi connectivity index (χ2n) is 9.28. The van der Waals surface area contributed by atoms with Gasteiger partial charge in [0.05, 0.1) is 23.4 Å². The number of carbonyl (C=O) groups is 1. The third-order valence-corrected chi connectivity index (χ3v) is 7.35. The van der Waals surface area contributed by atoms with Gasteiger partial charge in [0.25, 0.3) is 0 Å². The minimum Gasteiger partial charge on any atom is -0.481 e. The normalized spacial score (nSPS) is 23.1. The predicted molar refractivity (Wildman–Crippen MR) is 124 cm³/mol. The molecule has 180 valence electrons. The molecular formula is C25H22F3N5O2. The highest BCUT2D eigenvalue weighted by molar-refractivity contribution is 6.06. The van der Waals surface area contributed by atoms with E-state index in [4.69, 9.17) is 4.99 Å². The topological polar surface area (TPSA) is 96.2 Å². The highest BCUT2D eigenvalue weighted by atomic mass is 19.1. The molecule has 2 N–H and O–H groups in total. The lowest BCUT2D eigenvalue weighted by Gasteiger charge is -2.41. The molecule has 0 saturated heterocycles. The first-order valence-electron chi connectivity index (χ1n) is 11.6. The zero-order chi connectivity index (χ0) is 24.3. The number of aryl methyl sites for hydroxylation is 1. The molecule has 7 nitrogen and oxygen atoms in total. The minimum absolute atomic E-state index is 0.0451. The quantitative estimate of drug-likeness (QED) is 0.398. The van der Waals surface area contributed by atoms with Crippen molar-refractivity contribution in [2.45, 2.75) is 32.2 Å². The summed E-state index contributed by atoms with van der Waals surface area (Å²) in [5, 5.41) is 10.8. The molecule has 3 fully saturated rings. The van der Waals surface area contributed by atoms with Gasteiger partial charge in [-0.15, -0.1) is 0 Å². The van der Waals surface area contributed by atoms with Crippen molar-refractivity contribution >= 4 is 39.4 Å². The molecular weight excluding hydrogens is 459 g/mol. The SMILES string of the molecule is O=C(O)[C@H]1/C(=N/c2nc(-c3c[nH]c4c(F)cc(F)cc34)nc3c2ccn3CCF)C2CCC1CC2. The van der Waals surface area contributed by atoms with Gasteiger partial charge in [-0.3, -0.25) is 4.79 Å². The zero-order valence-corrected chi connectivity index (χ0v) is 18.6. The fraction of sp³-hybridized carbons (Fsp3) is 0.360. The summed E-state index contributed by atoms with van der Waals surface area (Å²) in [6, 6.07) is 3.73. The molecule has 2 bridgehead atoms. The number of alkyl halides is 1. The summed E-state index contributed by atoms with van der Waals surface area (Å²) < 4.78 is 43.2. The summed E-state index contributed by atoms with van der Waals surface area (Å²) in [4.78, 5) is 29.0. The Balaban J connectivity index is 1.58. The van der Waals surface area contributed by atoms with Crippen LogP contribution in [0, 0.1) is 29.4 Å². The van der Waals surface area contributed by atoms with Gasteiger partial charge in [-0.25, -0.2) is 28.1 Å². The van der Waals surface area contributed by atoms with Crippen LogP contribution in [0.15, 0.2) is 35.6 Å². The number of benzene rings is 1. The summed E-state index contributed by atoms with van der Waals surface area (Å²) in [5.41, 5.74) is 1.52. The van der Waals surface area contributed by atoms with E-state index < -0.39 is 30.2 Å². The molecule has 10 heteroatoms. The Morgan fingerprint density at radius 3 is 2.71 bits per heavy atom. The first kappa shape index (κ1) is 21.8. The molecule has 0 spiro atoms. The molecule has 3 saturated carbocycles. The number of fused-ring (bicyclic) bond motifs is 5. The van der Waals surface area contributed by atoms with Crippen molar-refractivity contribution in [1.82, 2.24) is 19.5 Å². The van der Waals surface area contributed by atoms with E-state index in [-0.39, 0.29) is 40.9 Å². The number of rotatable bonds is 5. The van der Waals surface area contributed by atoms with Crippen LogP contribution in [0.1, 0.15) is 25.7 Å². The van der Waals surface area contributed by atoms with Crippen molar-refractivity contribution in [3.05, 3.63) is 42.2 Å². The van der Waals surface area contributed by atoms with Gasteiger partial charge in [-0.2, -0.15) is 0 Å². The van der Waals surface area contributed by atoms with E-state index >= 15 is 0 Å². The van der Waals surface area contributed by atoms with Crippen molar-refractivity contribution in [3.63, 3.8) is 0 Å². The Morgan fingerprint density at radius 2 is 1.97 bits per heavy atom. The lowest BCUT2D eigenvalue weighted by Crippen LogP contribution is -2.44. The Labute approximate surface area is 197 Å². The third kappa shape index (κ3) is 3.50. The maximum atomic E-state index is 14.3. The molecule has 1 atom stereocenters. The number of hydrogen-bond acceptors (Lipinski definition) is 4. The smallest absolute Gasteiger partial charge is 0.312 e. The van der Waals surface area contributed by atoms with Crippen LogP contribution in [-0.4, -0.2) is 43.0 Å². The molecule has 0 radical (unpaired) electrons. The monoisotopic (exact) mass is 481 g/mol. The van der Waals surface area contributed by atoms with E-state index in [1.807, 2.05) is 0 Å². The maximum absolute atomic E-state index is 14.3. The van der Waals surface area contributed by atoms with Crippen LogP contribution in [0.2, 0.25) is 0 Å². The van der Waals surface area contributed by atoms with Crippen LogP contribution in [-0.2, 0) is 11.3 Å². The van der Waals surface area contributed by atoms with Gasteiger partial charge >= 0.3 is 5.97 Å². The summed E-state index contributed by atoms with van der Waals surface area (Å²) in [6.07, 6.45) is 6.68. The second kappa shape index (κ2) is 8.21. The van der Waals surface area contributed by atoms with E-state index in [2.05, 4.69) is 15.0 Å². The molecule has 1 aromatic carbocycles. The molecule has 3 aliphatic carbocycles. The van der Waals surface area contributed by atoms with Gasteiger partial charge in [0.1, 0.15) is 24.0 Å². The molecule has 0 aliphatic heterocycles. The molecule has 4 aromatic rings. The number of hydrogen-bond donors (Lipinski definition) is 2. The molecule has 0 amide bonds. The summed E-state index contributed by atoms with van der Waals surface area (Å²) in [6.45, 7) is -0.545. The van der Waals surface area contributed by atoms with E-state index in [1.54, 1.807) is 16.8 Å². The zero-order valence-electron chi connectivity index (χ0n) is 18.6. The van der Waals surface area contributed by atoms with Gasteiger partial charge in [0.2, 0.25) is 0 Å². The Bertz CT molecular complexity index is 1500. The average molecular weight is 481 g/mol. The Morgan fingerprint density at radius 1 is 1.17 bits per heavy atom. The van der Waals surface area contributed by atoms with Gasteiger partial charge in [-0.05, 0) is 49.7 Å². The minimum atomic E-state index is -0.888. The van der Waals surface area contributed by atoms with Crippen LogP contribution < -0.4 is 0 Å². The standard InChI is InChI=1S/C25H22F3N5O2/c26-6-8-33-7-5-15-22(30-20-13-3-1-12(2-4-13)19(20)25(34)35)31-23(32-24(15)33)17-11-29-21-16(17)9-14(27)10-18(21)28/h5,7,9-13,19,29H,1-4,6,8H2,(H,34,35)/b30-20+/t12?,13?,19-/m1/s1. The lowest BCUT2D eigenvalue weighted by atomic mass is 9.63. The number of aromatic nitrogens is 4. The number of aromatic amines is 1. The van der Waals surface area contributed by atoms with E-state index in [9.17, 15) is 23.1 Å². The number of carboxylic acid groups (broad SMARTS) is 1. The highest BCUT2D eigenvalue weighted by Gasteiger charge is 2.45.